The molecule has 1 heterocycles. The fourth-order valence-corrected chi connectivity index (χ4v) is 1.77. The lowest BCUT2D eigenvalue weighted by Gasteiger charge is -2.08. The third-order valence-electron chi connectivity index (χ3n) is 2.35. The third kappa shape index (κ3) is 2.91. The molecular formula is C13H11BrN2O. The number of rotatable bonds is 2. The molecule has 0 fully saturated rings. The summed E-state index contributed by atoms with van der Waals surface area (Å²) >= 11 is 3.38. The van der Waals surface area contributed by atoms with E-state index in [9.17, 15) is 4.79 Å². The summed E-state index contributed by atoms with van der Waals surface area (Å²) in [7, 11) is 0. The van der Waals surface area contributed by atoms with Crippen LogP contribution in [0.1, 0.15) is 16.1 Å². The second-order valence-electron chi connectivity index (χ2n) is 3.63. The first-order valence-corrected chi connectivity index (χ1v) is 5.94. The molecule has 0 saturated carbocycles. The van der Waals surface area contributed by atoms with Crippen molar-refractivity contribution in [1.82, 2.24) is 4.98 Å². The molecule has 0 aliphatic carbocycles. The molecule has 0 radical (unpaired) electrons. The molecule has 0 atom stereocenters. The molecule has 0 aliphatic heterocycles. The topological polar surface area (TPSA) is 42.0 Å². The van der Waals surface area contributed by atoms with E-state index in [1.54, 1.807) is 24.4 Å². The van der Waals surface area contributed by atoms with Crippen LogP contribution < -0.4 is 5.32 Å². The Morgan fingerprint density at radius 3 is 2.82 bits per heavy atom. The molecule has 17 heavy (non-hydrogen) atoms. The molecule has 1 aromatic carbocycles. The number of aromatic nitrogens is 1. The minimum atomic E-state index is -0.202. The van der Waals surface area contributed by atoms with Crippen LogP contribution in [-0.4, -0.2) is 10.9 Å². The van der Waals surface area contributed by atoms with Gasteiger partial charge in [0.1, 0.15) is 5.69 Å². The monoisotopic (exact) mass is 290 g/mol. The van der Waals surface area contributed by atoms with Crippen LogP contribution in [0, 0.1) is 6.92 Å². The van der Waals surface area contributed by atoms with E-state index in [4.69, 9.17) is 0 Å². The number of nitrogens with zero attached hydrogens (tertiary/aromatic N) is 1. The lowest BCUT2D eigenvalue weighted by molar-refractivity contribution is 0.102. The lowest BCUT2D eigenvalue weighted by Crippen LogP contribution is -2.14. The standard InChI is InChI=1S/C13H11BrN2O/c1-9-5-6-10(14)8-12(9)16-13(17)11-4-2-3-7-15-11/h2-8H,1H3,(H,16,17). The van der Waals surface area contributed by atoms with Gasteiger partial charge < -0.3 is 5.32 Å². The zero-order valence-corrected chi connectivity index (χ0v) is 10.9. The molecule has 0 unspecified atom stereocenters. The van der Waals surface area contributed by atoms with Gasteiger partial charge in [0.05, 0.1) is 0 Å². The molecule has 0 aliphatic rings. The summed E-state index contributed by atoms with van der Waals surface area (Å²) in [4.78, 5) is 15.9. The van der Waals surface area contributed by atoms with Crippen LogP contribution in [-0.2, 0) is 0 Å². The summed E-state index contributed by atoms with van der Waals surface area (Å²) in [5.74, 6) is -0.202. The molecule has 0 saturated heterocycles. The Kier molecular flexibility index (Phi) is 3.54. The van der Waals surface area contributed by atoms with Gasteiger partial charge >= 0.3 is 0 Å². The summed E-state index contributed by atoms with van der Waals surface area (Å²) in [6.07, 6.45) is 1.60. The second-order valence-corrected chi connectivity index (χ2v) is 4.54. The summed E-state index contributed by atoms with van der Waals surface area (Å²) in [6, 6.07) is 11.0. The van der Waals surface area contributed by atoms with E-state index >= 15 is 0 Å². The molecule has 0 bridgehead atoms. The zero-order chi connectivity index (χ0) is 12.3. The average Bonchev–Trinajstić information content (AvgIpc) is 2.35. The highest BCUT2D eigenvalue weighted by atomic mass is 79.9. The van der Waals surface area contributed by atoms with Crippen LogP contribution in [0.4, 0.5) is 5.69 Å². The van der Waals surface area contributed by atoms with Gasteiger partial charge in [-0.05, 0) is 36.8 Å². The summed E-state index contributed by atoms with van der Waals surface area (Å²) < 4.78 is 0.930. The van der Waals surface area contributed by atoms with Crippen LogP contribution in [0.15, 0.2) is 47.1 Å². The fourth-order valence-electron chi connectivity index (χ4n) is 1.41. The summed E-state index contributed by atoms with van der Waals surface area (Å²) in [6.45, 7) is 1.94. The number of aryl methyl sites for hydroxylation is 1. The van der Waals surface area contributed by atoms with Gasteiger partial charge in [-0.1, -0.05) is 28.1 Å². The first-order valence-electron chi connectivity index (χ1n) is 5.15. The second kappa shape index (κ2) is 5.10. The van der Waals surface area contributed by atoms with Crippen molar-refractivity contribution in [3.8, 4) is 0 Å². The van der Waals surface area contributed by atoms with Crippen molar-refractivity contribution in [2.24, 2.45) is 0 Å². The third-order valence-corrected chi connectivity index (χ3v) is 2.84. The van der Waals surface area contributed by atoms with Crippen molar-refractivity contribution < 1.29 is 4.79 Å². The van der Waals surface area contributed by atoms with E-state index in [2.05, 4.69) is 26.2 Å². The maximum Gasteiger partial charge on any atom is 0.274 e. The van der Waals surface area contributed by atoms with Gasteiger partial charge in [-0.15, -0.1) is 0 Å². The predicted molar refractivity (Wildman–Crippen MR) is 71.1 cm³/mol. The highest BCUT2D eigenvalue weighted by Crippen LogP contribution is 2.20. The molecule has 1 amide bonds. The molecule has 1 N–H and O–H groups in total. The number of pyridine rings is 1. The highest BCUT2D eigenvalue weighted by molar-refractivity contribution is 9.10. The minimum Gasteiger partial charge on any atom is -0.320 e. The van der Waals surface area contributed by atoms with Gasteiger partial charge in [0, 0.05) is 16.4 Å². The maximum atomic E-state index is 11.9. The highest BCUT2D eigenvalue weighted by Gasteiger charge is 2.08. The molecule has 2 rings (SSSR count). The summed E-state index contributed by atoms with van der Waals surface area (Å²) in [5, 5.41) is 2.84. The van der Waals surface area contributed by atoms with Crippen molar-refractivity contribution in [2.75, 3.05) is 5.32 Å². The van der Waals surface area contributed by atoms with E-state index in [0.717, 1.165) is 15.7 Å². The van der Waals surface area contributed by atoms with Crippen molar-refractivity contribution in [3.63, 3.8) is 0 Å². The molecule has 3 nitrogen and oxygen atoms in total. The van der Waals surface area contributed by atoms with Crippen molar-refractivity contribution in [1.29, 1.82) is 0 Å². The van der Waals surface area contributed by atoms with Gasteiger partial charge in [0.2, 0.25) is 0 Å². The van der Waals surface area contributed by atoms with Crippen molar-refractivity contribution >= 4 is 27.5 Å². The molecule has 1 aromatic heterocycles. The smallest absolute Gasteiger partial charge is 0.274 e. The maximum absolute atomic E-state index is 11.9. The number of nitrogens with one attached hydrogen (secondary N) is 1. The van der Waals surface area contributed by atoms with Gasteiger partial charge in [-0.2, -0.15) is 0 Å². The van der Waals surface area contributed by atoms with Gasteiger partial charge in [0.15, 0.2) is 0 Å². The number of carbonyl (C=O) groups excluding carboxylic acids is 1. The van der Waals surface area contributed by atoms with E-state index in [-0.39, 0.29) is 5.91 Å². The van der Waals surface area contributed by atoms with Crippen molar-refractivity contribution in [2.45, 2.75) is 6.92 Å². The predicted octanol–water partition coefficient (Wildman–Crippen LogP) is 3.40. The minimum absolute atomic E-state index is 0.202. The molecule has 86 valence electrons. The summed E-state index contributed by atoms with van der Waals surface area (Å²) in [5.41, 5.74) is 2.21. The normalized spacial score (nSPS) is 10.0. The molecule has 4 heteroatoms. The van der Waals surface area contributed by atoms with E-state index in [1.165, 1.54) is 0 Å². The Morgan fingerprint density at radius 1 is 1.29 bits per heavy atom. The van der Waals surface area contributed by atoms with Crippen molar-refractivity contribution in [3.05, 3.63) is 58.3 Å². The lowest BCUT2D eigenvalue weighted by atomic mass is 10.2. The van der Waals surface area contributed by atoms with E-state index in [1.807, 2.05) is 25.1 Å². The quantitative estimate of drug-likeness (QED) is 0.921. The van der Waals surface area contributed by atoms with Crippen LogP contribution >= 0.6 is 15.9 Å². The number of hydrogen-bond acceptors (Lipinski definition) is 2. The van der Waals surface area contributed by atoms with Crippen LogP contribution in [0.2, 0.25) is 0 Å². The SMILES string of the molecule is Cc1ccc(Br)cc1NC(=O)c1ccccn1. The molecule has 0 spiro atoms. The van der Waals surface area contributed by atoms with Crippen LogP contribution in [0.3, 0.4) is 0 Å². The Balaban J connectivity index is 2.22. The number of halogens is 1. The van der Waals surface area contributed by atoms with Gasteiger partial charge in [0.25, 0.3) is 5.91 Å². The van der Waals surface area contributed by atoms with Crippen LogP contribution in [0.25, 0.3) is 0 Å². The number of carbonyl (C=O) groups is 1. The van der Waals surface area contributed by atoms with Gasteiger partial charge in [-0.3, -0.25) is 9.78 Å². The Labute approximate surface area is 108 Å². The molecule has 2 aromatic rings. The Hall–Kier alpha value is -1.68. The fraction of sp³-hybridized carbons (Fsp3) is 0.0769. The zero-order valence-electron chi connectivity index (χ0n) is 9.27. The van der Waals surface area contributed by atoms with E-state index in [0.29, 0.717) is 5.69 Å². The largest absolute Gasteiger partial charge is 0.320 e. The molecular weight excluding hydrogens is 280 g/mol. The van der Waals surface area contributed by atoms with E-state index < -0.39 is 0 Å². The Bertz CT molecular complexity index is 540. The number of hydrogen-bond donors (Lipinski definition) is 1. The Morgan fingerprint density at radius 2 is 2.12 bits per heavy atom. The number of anilines is 1. The number of amides is 1. The van der Waals surface area contributed by atoms with Crippen LogP contribution in [0.5, 0.6) is 0 Å². The first kappa shape index (κ1) is 11.8. The van der Waals surface area contributed by atoms with Gasteiger partial charge in [-0.25, -0.2) is 0 Å². The average molecular weight is 291 g/mol. The first-order chi connectivity index (χ1) is 8.16. The number of benzene rings is 1.